The molecule has 0 atom stereocenters. The van der Waals surface area contributed by atoms with Crippen LogP contribution < -0.4 is 0 Å². The fourth-order valence-electron chi connectivity index (χ4n) is 1.94. The van der Waals surface area contributed by atoms with Gasteiger partial charge in [0.1, 0.15) is 0 Å². The van der Waals surface area contributed by atoms with Crippen molar-refractivity contribution in [1.82, 2.24) is 14.6 Å². The van der Waals surface area contributed by atoms with Gasteiger partial charge < -0.3 is 0 Å². The molecule has 0 bridgehead atoms. The van der Waals surface area contributed by atoms with Gasteiger partial charge in [0.25, 0.3) is 0 Å². The van der Waals surface area contributed by atoms with E-state index in [1.54, 1.807) is 23.1 Å². The Balaban J connectivity index is 2.12. The van der Waals surface area contributed by atoms with E-state index in [1.165, 1.54) is 0 Å². The van der Waals surface area contributed by atoms with E-state index >= 15 is 0 Å². The molecule has 3 heterocycles. The largest absolute Gasteiger partial charge is 0.288 e. The summed E-state index contributed by atoms with van der Waals surface area (Å²) in [6.45, 7) is 1.92. The van der Waals surface area contributed by atoms with Crippen molar-refractivity contribution in [2.75, 3.05) is 0 Å². The summed E-state index contributed by atoms with van der Waals surface area (Å²) in [4.78, 5) is 16.4. The van der Waals surface area contributed by atoms with Gasteiger partial charge in [-0.2, -0.15) is 5.10 Å². The Hall–Kier alpha value is -2.49. The third-order valence-corrected chi connectivity index (χ3v) is 2.81. The van der Waals surface area contributed by atoms with Gasteiger partial charge in [0, 0.05) is 24.2 Å². The lowest BCUT2D eigenvalue weighted by atomic mass is 10.1. The molecular formula is C14H11N3O. The Morgan fingerprint density at radius 1 is 1.22 bits per heavy atom. The van der Waals surface area contributed by atoms with Gasteiger partial charge in [-0.1, -0.05) is 6.07 Å². The second kappa shape index (κ2) is 4.07. The maximum absolute atomic E-state index is 12.4. The second-order valence-corrected chi connectivity index (χ2v) is 4.17. The highest BCUT2D eigenvalue weighted by Gasteiger charge is 2.14. The number of ketones is 1. The number of pyridine rings is 2. The number of rotatable bonds is 2. The van der Waals surface area contributed by atoms with Crippen LogP contribution in [0.25, 0.3) is 5.52 Å². The van der Waals surface area contributed by atoms with Gasteiger partial charge in [0.2, 0.25) is 0 Å². The quantitative estimate of drug-likeness (QED) is 0.642. The summed E-state index contributed by atoms with van der Waals surface area (Å²) >= 11 is 0. The molecule has 18 heavy (non-hydrogen) atoms. The van der Waals surface area contributed by atoms with Crippen LogP contribution in [0.1, 0.15) is 21.5 Å². The van der Waals surface area contributed by atoms with Gasteiger partial charge in [0.05, 0.1) is 17.3 Å². The van der Waals surface area contributed by atoms with Gasteiger partial charge in [0.15, 0.2) is 5.78 Å². The summed E-state index contributed by atoms with van der Waals surface area (Å²) in [6, 6.07) is 7.48. The van der Waals surface area contributed by atoms with Crippen molar-refractivity contribution in [3.8, 4) is 0 Å². The van der Waals surface area contributed by atoms with Gasteiger partial charge in [-0.25, -0.2) is 4.52 Å². The zero-order valence-electron chi connectivity index (χ0n) is 9.87. The lowest BCUT2D eigenvalue weighted by Gasteiger charge is -2.00. The predicted molar refractivity (Wildman–Crippen MR) is 67.6 cm³/mol. The van der Waals surface area contributed by atoms with E-state index < -0.39 is 0 Å². The molecular weight excluding hydrogens is 226 g/mol. The van der Waals surface area contributed by atoms with E-state index in [0.29, 0.717) is 11.1 Å². The first kappa shape index (κ1) is 10.7. The fraction of sp³-hybridized carbons (Fsp3) is 0.0714. The van der Waals surface area contributed by atoms with Crippen LogP contribution >= 0.6 is 0 Å². The number of hydrogen-bond donors (Lipinski definition) is 0. The van der Waals surface area contributed by atoms with Crippen LogP contribution in [0, 0.1) is 6.92 Å². The molecule has 0 unspecified atom stereocenters. The van der Waals surface area contributed by atoms with Crippen LogP contribution in [0.4, 0.5) is 0 Å². The number of aromatic nitrogens is 3. The Bertz CT molecular complexity index is 730. The van der Waals surface area contributed by atoms with E-state index in [2.05, 4.69) is 10.1 Å². The minimum absolute atomic E-state index is 0.0487. The van der Waals surface area contributed by atoms with Crippen LogP contribution in [0.15, 0.2) is 49.1 Å². The summed E-state index contributed by atoms with van der Waals surface area (Å²) in [6.07, 6.45) is 6.73. The molecule has 3 rings (SSSR count). The fourth-order valence-corrected chi connectivity index (χ4v) is 1.94. The average Bonchev–Trinajstić information content (AvgIpc) is 2.82. The Labute approximate surface area is 104 Å². The average molecular weight is 237 g/mol. The minimum atomic E-state index is -0.0487. The third-order valence-electron chi connectivity index (χ3n) is 2.81. The monoisotopic (exact) mass is 237 g/mol. The van der Waals surface area contributed by atoms with Crippen molar-refractivity contribution in [2.45, 2.75) is 6.92 Å². The van der Waals surface area contributed by atoms with Gasteiger partial charge in [-0.3, -0.25) is 9.78 Å². The standard InChI is InChI=1S/C14H11N3O/c1-10-6-11(8-15-7-10)14(18)12-9-16-17-5-3-2-4-13(12)17/h2-9H,1H3. The third kappa shape index (κ3) is 1.68. The molecule has 4 heteroatoms. The van der Waals surface area contributed by atoms with E-state index in [0.717, 1.165) is 11.1 Å². The van der Waals surface area contributed by atoms with Crippen molar-refractivity contribution in [3.63, 3.8) is 0 Å². The first-order valence-electron chi connectivity index (χ1n) is 5.64. The van der Waals surface area contributed by atoms with E-state index in [-0.39, 0.29) is 5.78 Å². The number of hydrogen-bond acceptors (Lipinski definition) is 3. The number of aryl methyl sites for hydroxylation is 1. The van der Waals surface area contributed by atoms with Crippen molar-refractivity contribution >= 4 is 11.3 Å². The maximum atomic E-state index is 12.4. The van der Waals surface area contributed by atoms with Crippen molar-refractivity contribution in [3.05, 3.63) is 65.7 Å². The molecule has 0 amide bonds. The molecule has 4 nitrogen and oxygen atoms in total. The van der Waals surface area contributed by atoms with Crippen LogP contribution in [-0.2, 0) is 0 Å². The van der Waals surface area contributed by atoms with Gasteiger partial charge in [-0.05, 0) is 30.7 Å². The van der Waals surface area contributed by atoms with Crippen LogP contribution in [0.3, 0.4) is 0 Å². The molecule has 0 aliphatic rings. The SMILES string of the molecule is Cc1cncc(C(=O)c2cnn3ccccc23)c1. The van der Waals surface area contributed by atoms with Gasteiger partial charge >= 0.3 is 0 Å². The summed E-state index contributed by atoms with van der Waals surface area (Å²) in [5, 5.41) is 4.16. The van der Waals surface area contributed by atoms with E-state index in [9.17, 15) is 4.79 Å². The first-order chi connectivity index (χ1) is 8.75. The highest BCUT2D eigenvalue weighted by Crippen LogP contribution is 2.15. The molecule has 0 saturated carbocycles. The smallest absolute Gasteiger partial charge is 0.198 e. The van der Waals surface area contributed by atoms with E-state index in [1.807, 2.05) is 37.4 Å². The predicted octanol–water partition coefficient (Wildman–Crippen LogP) is 2.27. The Morgan fingerprint density at radius 2 is 2.11 bits per heavy atom. The Kier molecular flexibility index (Phi) is 2.41. The van der Waals surface area contributed by atoms with Gasteiger partial charge in [-0.15, -0.1) is 0 Å². The summed E-state index contributed by atoms with van der Waals surface area (Å²) in [5.74, 6) is -0.0487. The molecule has 0 aromatic carbocycles. The summed E-state index contributed by atoms with van der Waals surface area (Å²) in [7, 11) is 0. The molecule has 0 aliphatic heterocycles. The van der Waals surface area contributed by atoms with Crippen LogP contribution in [-0.4, -0.2) is 20.4 Å². The molecule has 0 fully saturated rings. The molecule has 3 aromatic rings. The van der Waals surface area contributed by atoms with Crippen LogP contribution in [0.2, 0.25) is 0 Å². The van der Waals surface area contributed by atoms with Crippen LogP contribution in [0.5, 0.6) is 0 Å². The number of carbonyl (C=O) groups excluding carboxylic acids is 1. The Morgan fingerprint density at radius 3 is 2.94 bits per heavy atom. The topological polar surface area (TPSA) is 47.3 Å². The lowest BCUT2D eigenvalue weighted by molar-refractivity contribution is 0.104. The van der Waals surface area contributed by atoms with Crippen molar-refractivity contribution < 1.29 is 4.79 Å². The molecule has 0 radical (unpaired) electrons. The number of carbonyl (C=O) groups is 1. The maximum Gasteiger partial charge on any atom is 0.198 e. The summed E-state index contributed by atoms with van der Waals surface area (Å²) in [5.41, 5.74) is 2.97. The molecule has 0 saturated heterocycles. The molecule has 88 valence electrons. The number of nitrogens with zero attached hydrogens (tertiary/aromatic N) is 3. The summed E-state index contributed by atoms with van der Waals surface area (Å²) < 4.78 is 1.69. The molecule has 3 aromatic heterocycles. The zero-order valence-corrected chi connectivity index (χ0v) is 9.87. The first-order valence-corrected chi connectivity index (χ1v) is 5.64. The normalized spacial score (nSPS) is 10.7. The second-order valence-electron chi connectivity index (χ2n) is 4.17. The van der Waals surface area contributed by atoms with Crippen molar-refractivity contribution in [2.24, 2.45) is 0 Å². The molecule has 0 spiro atoms. The number of fused-ring (bicyclic) bond motifs is 1. The lowest BCUT2D eigenvalue weighted by Crippen LogP contribution is -2.01. The highest BCUT2D eigenvalue weighted by molar-refractivity contribution is 6.12. The zero-order chi connectivity index (χ0) is 12.5. The molecule has 0 N–H and O–H groups in total. The van der Waals surface area contributed by atoms with Crippen molar-refractivity contribution in [1.29, 1.82) is 0 Å². The molecule has 0 aliphatic carbocycles. The minimum Gasteiger partial charge on any atom is -0.288 e. The highest BCUT2D eigenvalue weighted by atomic mass is 16.1. The van der Waals surface area contributed by atoms with E-state index in [4.69, 9.17) is 0 Å².